The van der Waals surface area contributed by atoms with E-state index in [-0.39, 0.29) is 5.82 Å². The predicted molar refractivity (Wildman–Crippen MR) is 87.9 cm³/mol. The molecule has 6 nitrogen and oxygen atoms in total. The minimum absolute atomic E-state index is 0.245. The minimum atomic E-state index is -0.245. The molecule has 0 unspecified atom stereocenters. The van der Waals surface area contributed by atoms with Crippen LogP contribution in [0.5, 0.6) is 0 Å². The van der Waals surface area contributed by atoms with Gasteiger partial charge in [-0.25, -0.2) is 19.4 Å². The van der Waals surface area contributed by atoms with Gasteiger partial charge in [0.25, 0.3) is 0 Å². The topological polar surface area (TPSA) is 66.0 Å². The normalized spacial score (nSPS) is 10.3. The van der Waals surface area contributed by atoms with E-state index in [0.717, 1.165) is 18.5 Å². The number of benzene rings is 1. The highest BCUT2D eigenvalue weighted by molar-refractivity contribution is 5.33. The van der Waals surface area contributed by atoms with Crippen molar-refractivity contribution in [3.63, 3.8) is 0 Å². The van der Waals surface area contributed by atoms with Gasteiger partial charge in [-0.15, -0.1) is 6.42 Å². The van der Waals surface area contributed by atoms with Crippen LogP contribution >= 0.6 is 0 Å². The average Bonchev–Trinajstić information content (AvgIpc) is 2.56. The molecule has 0 atom stereocenters. The smallest absolute Gasteiger partial charge is 0.242 e. The van der Waals surface area contributed by atoms with Gasteiger partial charge in [0, 0.05) is 13.1 Å². The molecule has 0 fully saturated rings. The third-order valence-electron chi connectivity index (χ3n) is 2.96. The standard InChI is InChI=1S/C16H19FN6/c1-3-9-18-15-19-12-20-16(21-15)22-23(10-4-2)11-13-5-7-14(17)8-6-13/h1,5-8,12H,4,9-11H2,2H3,(H2,18,19,20,21,22). The third-order valence-corrected chi connectivity index (χ3v) is 2.96. The Kier molecular flexibility index (Phi) is 6.27. The first kappa shape index (κ1) is 16.6. The molecule has 0 saturated carbocycles. The number of hydrogen-bond donors (Lipinski definition) is 2. The lowest BCUT2D eigenvalue weighted by Crippen LogP contribution is -2.31. The molecule has 23 heavy (non-hydrogen) atoms. The van der Waals surface area contributed by atoms with Crippen LogP contribution in [0.4, 0.5) is 16.3 Å². The lowest BCUT2D eigenvalue weighted by molar-refractivity contribution is 0.319. The zero-order chi connectivity index (χ0) is 16.5. The van der Waals surface area contributed by atoms with Crippen LogP contribution < -0.4 is 10.7 Å². The fraction of sp³-hybridized carbons (Fsp3) is 0.312. The minimum Gasteiger partial charge on any atom is -0.343 e. The van der Waals surface area contributed by atoms with Gasteiger partial charge >= 0.3 is 0 Å². The molecule has 0 radical (unpaired) electrons. The summed E-state index contributed by atoms with van der Waals surface area (Å²) >= 11 is 0. The maximum atomic E-state index is 13.0. The number of halogens is 1. The van der Waals surface area contributed by atoms with E-state index in [9.17, 15) is 4.39 Å². The monoisotopic (exact) mass is 314 g/mol. The number of hydrazine groups is 1. The quantitative estimate of drug-likeness (QED) is 0.576. The molecule has 1 heterocycles. The van der Waals surface area contributed by atoms with Crippen LogP contribution in [0.2, 0.25) is 0 Å². The highest BCUT2D eigenvalue weighted by Crippen LogP contribution is 2.09. The van der Waals surface area contributed by atoms with Crippen molar-refractivity contribution in [3.05, 3.63) is 42.0 Å². The lowest BCUT2D eigenvalue weighted by Gasteiger charge is -2.22. The van der Waals surface area contributed by atoms with Crippen LogP contribution in [-0.2, 0) is 6.54 Å². The molecule has 0 bridgehead atoms. The Bertz CT molecular complexity index is 652. The molecule has 0 spiro atoms. The highest BCUT2D eigenvalue weighted by Gasteiger charge is 2.08. The Morgan fingerprint density at radius 1 is 1.22 bits per heavy atom. The van der Waals surface area contributed by atoms with Crippen molar-refractivity contribution in [2.24, 2.45) is 0 Å². The summed E-state index contributed by atoms with van der Waals surface area (Å²) in [6.07, 6.45) is 7.56. The van der Waals surface area contributed by atoms with Crippen LogP contribution in [0, 0.1) is 18.2 Å². The van der Waals surface area contributed by atoms with Crippen LogP contribution in [0.25, 0.3) is 0 Å². The first-order valence-electron chi connectivity index (χ1n) is 7.33. The summed E-state index contributed by atoms with van der Waals surface area (Å²) in [7, 11) is 0. The third kappa shape index (κ3) is 5.52. The second-order valence-electron chi connectivity index (χ2n) is 4.85. The average molecular weight is 314 g/mol. The van der Waals surface area contributed by atoms with Gasteiger partial charge in [0.1, 0.15) is 12.1 Å². The number of aromatic nitrogens is 3. The van der Waals surface area contributed by atoms with E-state index in [0.29, 0.717) is 25.0 Å². The van der Waals surface area contributed by atoms with Gasteiger partial charge < -0.3 is 5.32 Å². The summed E-state index contributed by atoms with van der Waals surface area (Å²) in [5, 5.41) is 4.86. The SMILES string of the molecule is C#CCNc1ncnc(NN(CCC)Cc2ccc(F)cc2)n1. The van der Waals surface area contributed by atoms with E-state index in [1.807, 2.05) is 5.01 Å². The number of hydrogen-bond acceptors (Lipinski definition) is 6. The second-order valence-corrected chi connectivity index (χ2v) is 4.85. The molecule has 1 aromatic heterocycles. The van der Waals surface area contributed by atoms with Crippen molar-refractivity contribution in [1.29, 1.82) is 0 Å². The molecule has 120 valence electrons. The van der Waals surface area contributed by atoms with E-state index >= 15 is 0 Å². The van der Waals surface area contributed by atoms with Gasteiger partial charge in [-0.05, 0) is 24.1 Å². The molecule has 2 N–H and O–H groups in total. The van der Waals surface area contributed by atoms with Crippen molar-refractivity contribution in [1.82, 2.24) is 20.0 Å². The maximum absolute atomic E-state index is 13.0. The second kappa shape index (κ2) is 8.66. The molecule has 0 amide bonds. The fourth-order valence-electron chi connectivity index (χ4n) is 1.96. The molecule has 0 aliphatic heterocycles. The Labute approximate surface area is 135 Å². The summed E-state index contributed by atoms with van der Waals surface area (Å²) in [6.45, 7) is 3.81. The van der Waals surface area contributed by atoms with Crippen LogP contribution in [-0.4, -0.2) is 33.1 Å². The van der Waals surface area contributed by atoms with E-state index in [2.05, 4.69) is 38.5 Å². The maximum Gasteiger partial charge on any atom is 0.242 e. The van der Waals surface area contributed by atoms with Gasteiger partial charge in [-0.2, -0.15) is 4.98 Å². The molecule has 0 aliphatic carbocycles. The molecular formula is C16H19FN6. The molecule has 0 aliphatic rings. The Hall–Kier alpha value is -2.72. The number of anilines is 2. The van der Waals surface area contributed by atoms with Crippen molar-refractivity contribution >= 4 is 11.9 Å². The molecule has 0 saturated heterocycles. The highest BCUT2D eigenvalue weighted by atomic mass is 19.1. The molecule has 1 aromatic carbocycles. The first-order chi connectivity index (χ1) is 11.2. The van der Waals surface area contributed by atoms with E-state index in [1.54, 1.807) is 12.1 Å². The lowest BCUT2D eigenvalue weighted by atomic mass is 10.2. The number of nitrogens with zero attached hydrogens (tertiary/aromatic N) is 4. The zero-order valence-corrected chi connectivity index (χ0v) is 13.0. The first-order valence-corrected chi connectivity index (χ1v) is 7.33. The predicted octanol–water partition coefficient (Wildman–Crippen LogP) is 2.29. The summed E-state index contributed by atoms with van der Waals surface area (Å²) in [5.41, 5.74) is 4.14. The van der Waals surface area contributed by atoms with Crippen molar-refractivity contribution < 1.29 is 4.39 Å². The van der Waals surface area contributed by atoms with E-state index in [4.69, 9.17) is 6.42 Å². The number of terminal acetylenes is 1. The zero-order valence-electron chi connectivity index (χ0n) is 13.0. The van der Waals surface area contributed by atoms with E-state index < -0.39 is 0 Å². The van der Waals surface area contributed by atoms with Gasteiger partial charge in [0.15, 0.2) is 0 Å². The summed E-state index contributed by atoms with van der Waals surface area (Å²) in [6, 6.07) is 6.41. The Balaban J connectivity index is 2.03. The summed E-state index contributed by atoms with van der Waals surface area (Å²) in [5.74, 6) is 3.06. The molecular weight excluding hydrogens is 295 g/mol. The van der Waals surface area contributed by atoms with Crippen molar-refractivity contribution in [2.75, 3.05) is 23.8 Å². The Morgan fingerprint density at radius 2 is 1.96 bits per heavy atom. The summed E-state index contributed by atoms with van der Waals surface area (Å²) < 4.78 is 13.0. The van der Waals surface area contributed by atoms with Crippen molar-refractivity contribution in [2.45, 2.75) is 19.9 Å². The molecule has 2 rings (SSSR count). The molecule has 7 heteroatoms. The summed E-state index contributed by atoms with van der Waals surface area (Å²) in [4.78, 5) is 12.3. The number of rotatable bonds is 8. The van der Waals surface area contributed by atoms with Gasteiger partial charge in [-0.3, -0.25) is 5.43 Å². The van der Waals surface area contributed by atoms with Crippen LogP contribution in [0.15, 0.2) is 30.6 Å². The largest absolute Gasteiger partial charge is 0.343 e. The van der Waals surface area contributed by atoms with Gasteiger partial charge in [0.2, 0.25) is 11.9 Å². The van der Waals surface area contributed by atoms with Crippen molar-refractivity contribution in [3.8, 4) is 12.3 Å². The molecule has 2 aromatic rings. The van der Waals surface area contributed by atoms with Crippen LogP contribution in [0.1, 0.15) is 18.9 Å². The van der Waals surface area contributed by atoms with Gasteiger partial charge in [-0.1, -0.05) is 25.0 Å². The van der Waals surface area contributed by atoms with E-state index in [1.165, 1.54) is 18.5 Å². The van der Waals surface area contributed by atoms with Crippen LogP contribution in [0.3, 0.4) is 0 Å². The fourth-order valence-corrected chi connectivity index (χ4v) is 1.96. The number of nitrogens with one attached hydrogen (secondary N) is 2. The van der Waals surface area contributed by atoms with Gasteiger partial charge in [0.05, 0.1) is 6.54 Å². The Morgan fingerprint density at radius 3 is 2.65 bits per heavy atom.